The third-order valence-corrected chi connectivity index (χ3v) is 3.05. The van der Waals surface area contributed by atoms with Gasteiger partial charge in [-0.2, -0.15) is 0 Å². The standard InChI is InChI=1S/C12H17NO/c1-9-4-2-3-5-10(9)8-13-11-6-7-12(11)14/h2-5,11-14H,6-8H2,1H3/t11-,12-/m1/s1. The average molecular weight is 191 g/mol. The summed E-state index contributed by atoms with van der Waals surface area (Å²) in [5.41, 5.74) is 2.64. The molecule has 1 aromatic carbocycles. The highest BCUT2D eigenvalue weighted by atomic mass is 16.3. The van der Waals surface area contributed by atoms with Crippen LogP contribution in [0.5, 0.6) is 0 Å². The fraction of sp³-hybridized carbons (Fsp3) is 0.500. The van der Waals surface area contributed by atoms with E-state index in [1.165, 1.54) is 11.1 Å². The molecule has 0 radical (unpaired) electrons. The normalized spacial score (nSPS) is 25.9. The topological polar surface area (TPSA) is 32.3 Å². The van der Waals surface area contributed by atoms with Gasteiger partial charge in [0.15, 0.2) is 0 Å². The van der Waals surface area contributed by atoms with Crippen molar-refractivity contribution in [2.45, 2.75) is 38.5 Å². The summed E-state index contributed by atoms with van der Waals surface area (Å²) in [4.78, 5) is 0. The fourth-order valence-electron chi connectivity index (χ4n) is 1.77. The smallest absolute Gasteiger partial charge is 0.0693 e. The maximum Gasteiger partial charge on any atom is 0.0693 e. The minimum absolute atomic E-state index is 0.126. The van der Waals surface area contributed by atoms with Crippen LogP contribution in [-0.4, -0.2) is 17.3 Å². The van der Waals surface area contributed by atoms with Gasteiger partial charge in [0.05, 0.1) is 6.10 Å². The van der Waals surface area contributed by atoms with Crippen molar-refractivity contribution in [3.8, 4) is 0 Å². The number of benzene rings is 1. The Morgan fingerprint density at radius 1 is 1.36 bits per heavy atom. The van der Waals surface area contributed by atoms with E-state index in [-0.39, 0.29) is 6.10 Å². The van der Waals surface area contributed by atoms with Crippen LogP contribution in [-0.2, 0) is 6.54 Å². The molecule has 1 aliphatic carbocycles. The molecule has 0 bridgehead atoms. The number of hydrogen-bond donors (Lipinski definition) is 2. The molecule has 76 valence electrons. The SMILES string of the molecule is Cc1ccccc1CN[C@@H]1CC[C@H]1O. The third kappa shape index (κ3) is 1.97. The molecule has 1 aromatic rings. The van der Waals surface area contributed by atoms with Crippen LogP contribution in [0.1, 0.15) is 24.0 Å². The maximum absolute atomic E-state index is 9.39. The summed E-state index contributed by atoms with van der Waals surface area (Å²) in [6.07, 6.45) is 1.93. The van der Waals surface area contributed by atoms with Crippen molar-refractivity contribution in [1.82, 2.24) is 5.32 Å². The van der Waals surface area contributed by atoms with E-state index in [9.17, 15) is 5.11 Å². The van der Waals surface area contributed by atoms with Crippen molar-refractivity contribution in [2.24, 2.45) is 0 Å². The molecule has 2 atom stereocenters. The molecule has 14 heavy (non-hydrogen) atoms. The van der Waals surface area contributed by atoms with Gasteiger partial charge in [-0.25, -0.2) is 0 Å². The molecule has 2 heteroatoms. The summed E-state index contributed by atoms with van der Waals surface area (Å²) in [5, 5.41) is 12.8. The Balaban J connectivity index is 1.88. The van der Waals surface area contributed by atoms with Gasteiger partial charge in [0.1, 0.15) is 0 Å². The summed E-state index contributed by atoms with van der Waals surface area (Å²) in [7, 11) is 0. The Morgan fingerprint density at radius 2 is 2.14 bits per heavy atom. The van der Waals surface area contributed by atoms with Crippen molar-refractivity contribution in [3.63, 3.8) is 0 Å². The second-order valence-corrected chi connectivity index (χ2v) is 4.06. The van der Waals surface area contributed by atoms with E-state index < -0.39 is 0 Å². The first-order valence-corrected chi connectivity index (χ1v) is 5.23. The van der Waals surface area contributed by atoms with Crippen LogP contribution in [0.3, 0.4) is 0 Å². The van der Waals surface area contributed by atoms with Crippen molar-refractivity contribution < 1.29 is 5.11 Å². The average Bonchev–Trinajstić information content (AvgIpc) is 2.19. The van der Waals surface area contributed by atoms with Gasteiger partial charge in [0.25, 0.3) is 0 Å². The minimum Gasteiger partial charge on any atom is -0.392 e. The van der Waals surface area contributed by atoms with Crippen molar-refractivity contribution >= 4 is 0 Å². The van der Waals surface area contributed by atoms with Gasteiger partial charge in [-0.15, -0.1) is 0 Å². The molecule has 0 saturated heterocycles. The summed E-state index contributed by atoms with van der Waals surface area (Å²) in [6, 6.07) is 8.68. The van der Waals surface area contributed by atoms with Gasteiger partial charge in [-0.05, 0) is 30.9 Å². The number of nitrogens with one attached hydrogen (secondary N) is 1. The summed E-state index contributed by atoms with van der Waals surface area (Å²) >= 11 is 0. The van der Waals surface area contributed by atoms with Gasteiger partial charge < -0.3 is 10.4 Å². The molecule has 0 aliphatic heterocycles. The summed E-state index contributed by atoms with van der Waals surface area (Å²) in [5.74, 6) is 0. The highest BCUT2D eigenvalue weighted by Crippen LogP contribution is 2.20. The predicted molar refractivity (Wildman–Crippen MR) is 57.0 cm³/mol. The van der Waals surface area contributed by atoms with Crippen molar-refractivity contribution in [3.05, 3.63) is 35.4 Å². The van der Waals surface area contributed by atoms with Gasteiger partial charge in [-0.1, -0.05) is 24.3 Å². The predicted octanol–water partition coefficient (Wildman–Crippen LogP) is 1.61. The van der Waals surface area contributed by atoms with E-state index in [0.717, 1.165) is 19.4 Å². The molecule has 0 amide bonds. The van der Waals surface area contributed by atoms with E-state index in [4.69, 9.17) is 0 Å². The van der Waals surface area contributed by atoms with Gasteiger partial charge >= 0.3 is 0 Å². The highest BCUT2D eigenvalue weighted by Gasteiger charge is 2.27. The second-order valence-electron chi connectivity index (χ2n) is 4.06. The zero-order chi connectivity index (χ0) is 9.97. The van der Waals surface area contributed by atoms with Crippen LogP contribution in [0, 0.1) is 6.92 Å². The van der Waals surface area contributed by atoms with E-state index in [0.29, 0.717) is 6.04 Å². The van der Waals surface area contributed by atoms with Crippen molar-refractivity contribution in [2.75, 3.05) is 0 Å². The molecule has 1 aliphatic rings. The molecule has 2 rings (SSSR count). The molecule has 1 fully saturated rings. The zero-order valence-corrected chi connectivity index (χ0v) is 8.53. The third-order valence-electron chi connectivity index (χ3n) is 3.05. The van der Waals surface area contributed by atoms with E-state index in [1.807, 2.05) is 0 Å². The number of hydrogen-bond acceptors (Lipinski definition) is 2. The Hall–Kier alpha value is -0.860. The van der Waals surface area contributed by atoms with Gasteiger partial charge in [0.2, 0.25) is 0 Å². The lowest BCUT2D eigenvalue weighted by Gasteiger charge is -2.33. The zero-order valence-electron chi connectivity index (χ0n) is 8.53. The maximum atomic E-state index is 9.39. The molecule has 1 saturated carbocycles. The highest BCUT2D eigenvalue weighted by molar-refractivity contribution is 5.25. The lowest BCUT2D eigenvalue weighted by molar-refractivity contribution is 0.0492. The van der Waals surface area contributed by atoms with E-state index in [2.05, 4.69) is 36.5 Å². The fourth-order valence-corrected chi connectivity index (χ4v) is 1.77. The molecule has 0 heterocycles. The van der Waals surface area contributed by atoms with Crippen LogP contribution in [0.15, 0.2) is 24.3 Å². The van der Waals surface area contributed by atoms with Crippen molar-refractivity contribution in [1.29, 1.82) is 0 Å². The quantitative estimate of drug-likeness (QED) is 0.760. The van der Waals surface area contributed by atoms with Crippen LogP contribution >= 0.6 is 0 Å². The van der Waals surface area contributed by atoms with Crippen LogP contribution in [0.2, 0.25) is 0 Å². The Labute approximate surface area is 85.0 Å². The van der Waals surface area contributed by atoms with Crippen LogP contribution in [0.25, 0.3) is 0 Å². The van der Waals surface area contributed by atoms with E-state index >= 15 is 0 Å². The van der Waals surface area contributed by atoms with E-state index in [1.54, 1.807) is 0 Å². The number of rotatable bonds is 3. The monoisotopic (exact) mass is 191 g/mol. The Kier molecular flexibility index (Phi) is 2.85. The molecule has 2 N–H and O–H groups in total. The largest absolute Gasteiger partial charge is 0.392 e. The Bertz CT molecular complexity index is 311. The first-order valence-electron chi connectivity index (χ1n) is 5.23. The lowest BCUT2D eigenvalue weighted by Crippen LogP contribution is -2.47. The number of aryl methyl sites for hydroxylation is 1. The lowest BCUT2D eigenvalue weighted by atomic mass is 9.89. The second kappa shape index (κ2) is 4.11. The molecule has 0 aromatic heterocycles. The first-order chi connectivity index (χ1) is 6.77. The van der Waals surface area contributed by atoms with Gasteiger partial charge in [-0.3, -0.25) is 0 Å². The number of aliphatic hydroxyl groups excluding tert-OH is 1. The molecule has 0 unspecified atom stereocenters. The van der Waals surface area contributed by atoms with Gasteiger partial charge in [0, 0.05) is 12.6 Å². The molecule has 2 nitrogen and oxygen atoms in total. The van der Waals surface area contributed by atoms with Crippen LogP contribution < -0.4 is 5.32 Å². The number of aliphatic hydroxyl groups is 1. The summed E-state index contributed by atoms with van der Waals surface area (Å²) < 4.78 is 0. The van der Waals surface area contributed by atoms with Crippen LogP contribution in [0.4, 0.5) is 0 Å². The molecular weight excluding hydrogens is 174 g/mol. The minimum atomic E-state index is -0.126. The Morgan fingerprint density at radius 3 is 2.71 bits per heavy atom. The molecule has 0 spiro atoms. The summed E-state index contributed by atoms with van der Waals surface area (Å²) in [6.45, 7) is 2.99. The first kappa shape index (κ1) is 9.69. The molecular formula is C12H17NO.